The molecule has 2 aromatic heterocycles. The van der Waals surface area contributed by atoms with Crippen LogP contribution in [0.1, 0.15) is 25.0 Å². The van der Waals surface area contributed by atoms with Crippen LogP contribution in [0.3, 0.4) is 0 Å². The maximum Gasteiger partial charge on any atom is 0.227 e. The predicted octanol–water partition coefficient (Wildman–Crippen LogP) is 14.6. The zero-order chi connectivity index (χ0) is 38.1. The lowest BCUT2D eigenvalue weighted by atomic mass is 9.82. The first-order valence-corrected chi connectivity index (χ1v) is 19.4. The predicted molar refractivity (Wildman–Crippen MR) is 234 cm³/mol. The summed E-state index contributed by atoms with van der Waals surface area (Å²) in [4.78, 5) is 9.92. The Bertz CT molecular complexity index is 3110. The van der Waals surface area contributed by atoms with Gasteiger partial charge in [0.1, 0.15) is 16.7 Å². The minimum absolute atomic E-state index is 0.175. The molecule has 5 heteroatoms. The lowest BCUT2D eigenvalue weighted by molar-refractivity contribution is 0.620. The summed E-state index contributed by atoms with van der Waals surface area (Å²) in [7, 11) is 0. The molecule has 11 rings (SSSR count). The Morgan fingerprint density at radius 2 is 1.07 bits per heavy atom. The van der Waals surface area contributed by atoms with Gasteiger partial charge in [0.25, 0.3) is 0 Å². The fourth-order valence-electron chi connectivity index (χ4n) is 8.78. The summed E-state index contributed by atoms with van der Waals surface area (Å²) in [6, 6.07) is 65.8. The molecule has 0 fully saturated rings. The van der Waals surface area contributed by atoms with Gasteiger partial charge in [0.15, 0.2) is 5.58 Å². The van der Waals surface area contributed by atoms with Crippen LogP contribution >= 0.6 is 0 Å². The van der Waals surface area contributed by atoms with E-state index in [4.69, 9.17) is 13.8 Å². The van der Waals surface area contributed by atoms with Gasteiger partial charge in [-0.15, -0.1) is 0 Å². The van der Waals surface area contributed by atoms with Crippen LogP contribution in [0.4, 0.5) is 34.1 Å². The molecule has 1 aliphatic rings. The van der Waals surface area contributed by atoms with Crippen LogP contribution < -0.4 is 9.80 Å². The van der Waals surface area contributed by atoms with Gasteiger partial charge in [-0.1, -0.05) is 123 Å². The minimum atomic E-state index is -0.175. The largest absolute Gasteiger partial charge is 0.456 e. The summed E-state index contributed by atoms with van der Waals surface area (Å²) in [6.07, 6.45) is 0. The van der Waals surface area contributed by atoms with E-state index >= 15 is 0 Å². The Balaban J connectivity index is 1.20. The lowest BCUT2D eigenvalue weighted by Gasteiger charge is -2.30. The van der Waals surface area contributed by atoms with Crippen molar-refractivity contribution in [3.8, 4) is 22.6 Å². The molecule has 8 aromatic carbocycles. The second kappa shape index (κ2) is 12.9. The van der Waals surface area contributed by atoms with Crippen molar-refractivity contribution in [2.45, 2.75) is 19.3 Å². The zero-order valence-corrected chi connectivity index (χ0v) is 31.6. The van der Waals surface area contributed by atoms with Crippen LogP contribution in [0.15, 0.2) is 197 Å². The fraction of sp³-hybridized carbons (Fsp3) is 0.0577. The van der Waals surface area contributed by atoms with Crippen molar-refractivity contribution in [1.82, 2.24) is 4.98 Å². The number of hydrogen-bond acceptors (Lipinski definition) is 5. The molecule has 272 valence electrons. The molecule has 0 saturated heterocycles. The van der Waals surface area contributed by atoms with Gasteiger partial charge in [-0.3, -0.25) is 0 Å². The number of fused-ring (bicyclic) bond motifs is 7. The number of nitrogens with zero attached hydrogens (tertiary/aromatic N) is 3. The van der Waals surface area contributed by atoms with E-state index in [1.807, 2.05) is 48.5 Å². The van der Waals surface area contributed by atoms with Gasteiger partial charge in [-0.25, -0.2) is 4.98 Å². The van der Waals surface area contributed by atoms with Crippen molar-refractivity contribution < 1.29 is 8.83 Å². The Morgan fingerprint density at radius 3 is 1.84 bits per heavy atom. The van der Waals surface area contributed by atoms with Crippen molar-refractivity contribution in [1.29, 1.82) is 0 Å². The first-order chi connectivity index (χ1) is 28.0. The fourth-order valence-corrected chi connectivity index (χ4v) is 8.78. The van der Waals surface area contributed by atoms with Crippen LogP contribution in [-0.4, -0.2) is 4.98 Å². The van der Waals surface area contributed by atoms with Gasteiger partial charge < -0.3 is 18.6 Å². The summed E-state index contributed by atoms with van der Waals surface area (Å²) in [6.45, 7) is 4.66. The molecule has 0 radical (unpaired) electrons. The van der Waals surface area contributed by atoms with Crippen LogP contribution in [0.5, 0.6) is 0 Å². The van der Waals surface area contributed by atoms with Gasteiger partial charge >= 0.3 is 0 Å². The molecule has 0 spiro atoms. The zero-order valence-electron chi connectivity index (χ0n) is 31.6. The molecule has 0 N–H and O–H groups in total. The van der Waals surface area contributed by atoms with E-state index in [1.165, 1.54) is 22.3 Å². The summed E-state index contributed by atoms with van der Waals surface area (Å²) < 4.78 is 13.2. The lowest BCUT2D eigenvalue weighted by Crippen LogP contribution is -2.17. The number of anilines is 6. The number of oxazole rings is 1. The third kappa shape index (κ3) is 5.27. The molecule has 5 nitrogen and oxygen atoms in total. The number of para-hydroxylation sites is 3. The summed E-state index contributed by atoms with van der Waals surface area (Å²) in [5.74, 6) is 0.566. The van der Waals surface area contributed by atoms with E-state index in [1.54, 1.807) is 0 Å². The van der Waals surface area contributed by atoms with Crippen LogP contribution in [0.25, 0.3) is 55.6 Å². The van der Waals surface area contributed by atoms with Gasteiger partial charge in [-0.2, -0.15) is 0 Å². The Kier molecular flexibility index (Phi) is 7.45. The van der Waals surface area contributed by atoms with Crippen LogP contribution in [0.2, 0.25) is 0 Å². The number of benzene rings is 8. The number of rotatable bonds is 7. The highest BCUT2D eigenvalue weighted by atomic mass is 16.3. The van der Waals surface area contributed by atoms with Gasteiger partial charge in [0.05, 0.1) is 22.4 Å². The van der Waals surface area contributed by atoms with Crippen LogP contribution in [-0.2, 0) is 5.41 Å². The number of furan rings is 1. The first kappa shape index (κ1) is 33.0. The maximum atomic E-state index is 6.79. The quantitative estimate of drug-likeness (QED) is 0.163. The highest BCUT2D eigenvalue weighted by Crippen LogP contribution is 2.52. The molecule has 57 heavy (non-hydrogen) atoms. The Labute approximate surface area is 330 Å². The molecular weight excluding hydrogens is 699 g/mol. The molecule has 0 atom stereocenters. The van der Waals surface area contributed by atoms with E-state index in [0.717, 1.165) is 67.1 Å². The van der Waals surface area contributed by atoms with E-state index < -0.39 is 0 Å². The van der Waals surface area contributed by atoms with Gasteiger partial charge in [0, 0.05) is 39.5 Å². The van der Waals surface area contributed by atoms with Crippen molar-refractivity contribution in [2.75, 3.05) is 9.80 Å². The molecule has 1 aliphatic carbocycles. The second-order valence-electron chi connectivity index (χ2n) is 15.2. The average molecular weight is 736 g/mol. The van der Waals surface area contributed by atoms with Crippen molar-refractivity contribution in [3.05, 3.63) is 199 Å². The molecular formula is C52H37N3O2. The Hall–Kier alpha value is -7.37. The van der Waals surface area contributed by atoms with Gasteiger partial charge in [0.2, 0.25) is 5.89 Å². The standard InChI is InChI=1S/C52H37N3O2/c1-52(2)42-25-14-12-23-39(42)40-30-29-37(31-43(40)52)54(35-19-8-4-9-20-35)45-32-38(33-48-50(45)53-51(57-48)34-17-6-3-7-18-34)55(36-21-10-5-11-22-36)44-26-16-28-47-49(44)41-24-13-15-27-46(41)56-47/h3-33H,1-2H3. The average Bonchev–Trinajstić information content (AvgIpc) is 3.93. The highest BCUT2D eigenvalue weighted by Gasteiger charge is 2.36. The molecule has 0 saturated carbocycles. The van der Waals surface area contributed by atoms with E-state index in [-0.39, 0.29) is 5.41 Å². The molecule has 10 aromatic rings. The van der Waals surface area contributed by atoms with E-state index in [0.29, 0.717) is 11.5 Å². The third-order valence-corrected chi connectivity index (χ3v) is 11.5. The van der Waals surface area contributed by atoms with E-state index in [9.17, 15) is 0 Å². The SMILES string of the molecule is CC1(C)c2ccccc2-c2ccc(N(c3ccccc3)c3cc(N(c4ccccc4)c4cccc5oc6ccccc6c45)cc4oc(-c5ccccc5)nc34)cc21. The smallest absolute Gasteiger partial charge is 0.227 e. The molecule has 0 aliphatic heterocycles. The third-order valence-electron chi connectivity index (χ3n) is 11.5. The summed E-state index contributed by atoms with van der Waals surface area (Å²) in [5, 5.41) is 2.10. The van der Waals surface area contributed by atoms with Crippen molar-refractivity contribution in [3.63, 3.8) is 0 Å². The number of aromatic nitrogens is 1. The summed E-state index contributed by atoms with van der Waals surface area (Å²) >= 11 is 0. The van der Waals surface area contributed by atoms with E-state index in [2.05, 4.69) is 163 Å². The molecule has 0 amide bonds. The molecule has 0 unspecified atom stereocenters. The molecule has 2 heterocycles. The second-order valence-corrected chi connectivity index (χ2v) is 15.2. The number of hydrogen-bond donors (Lipinski definition) is 0. The minimum Gasteiger partial charge on any atom is -0.456 e. The first-order valence-electron chi connectivity index (χ1n) is 19.4. The summed E-state index contributed by atoms with van der Waals surface area (Å²) in [5.41, 5.74) is 15.0. The monoisotopic (exact) mass is 735 g/mol. The topological polar surface area (TPSA) is 45.7 Å². The van der Waals surface area contributed by atoms with Crippen molar-refractivity contribution in [2.24, 2.45) is 0 Å². The highest BCUT2D eigenvalue weighted by molar-refractivity contribution is 6.14. The maximum absolute atomic E-state index is 6.79. The molecule has 0 bridgehead atoms. The van der Waals surface area contributed by atoms with Gasteiger partial charge in [-0.05, 0) is 95.1 Å². The Morgan fingerprint density at radius 1 is 0.439 bits per heavy atom. The van der Waals surface area contributed by atoms with Crippen LogP contribution in [0, 0.1) is 0 Å². The normalized spacial score (nSPS) is 12.9. The van der Waals surface area contributed by atoms with Crippen molar-refractivity contribution >= 4 is 67.2 Å².